The molecule has 38 heavy (non-hydrogen) atoms. The summed E-state index contributed by atoms with van der Waals surface area (Å²) in [5.41, 5.74) is 0.567. The van der Waals surface area contributed by atoms with Crippen LogP contribution in [0.1, 0.15) is 45.6 Å². The molecule has 3 atom stereocenters. The summed E-state index contributed by atoms with van der Waals surface area (Å²) in [7, 11) is 0. The van der Waals surface area contributed by atoms with E-state index in [0.29, 0.717) is 24.2 Å². The van der Waals surface area contributed by atoms with Crippen molar-refractivity contribution in [1.82, 2.24) is 16.0 Å². The van der Waals surface area contributed by atoms with Gasteiger partial charge in [0.2, 0.25) is 11.8 Å². The highest BCUT2D eigenvalue weighted by molar-refractivity contribution is 6.40. The van der Waals surface area contributed by atoms with E-state index in [-0.39, 0.29) is 18.7 Å². The van der Waals surface area contributed by atoms with E-state index >= 15 is 0 Å². The second-order valence-electron chi connectivity index (χ2n) is 10.3. The van der Waals surface area contributed by atoms with Crippen molar-refractivity contribution in [3.63, 3.8) is 0 Å². The van der Waals surface area contributed by atoms with Crippen LogP contribution in [0.3, 0.4) is 0 Å². The van der Waals surface area contributed by atoms with Gasteiger partial charge in [-0.3, -0.25) is 28.7 Å². The number of ether oxygens (including phenoxy) is 1. The largest absolute Gasteiger partial charge is 0.522 e. The molecule has 0 spiro atoms. The van der Waals surface area contributed by atoms with E-state index in [4.69, 9.17) is 0 Å². The number of ketones is 1. The molecule has 4 amide bonds. The van der Waals surface area contributed by atoms with E-state index in [1.807, 2.05) is 0 Å². The average Bonchev–Trinajstić information content (AvgIpc) is 3.20. The third kappa shape index (κ3) is 10.1. The number of benzene rings is 1. The molecule has 13 heteroatoms. The van der Waals surface area contributed by atoms with E-state index < -0.39 is 59.9 Å². The van der Waals surface area contributed by atoms with Gasteiger partial charge in [0.15, 0.2) is 5.78 Å². The van der Waals surface area contributed by atoms with Crippen LogP contribution in [0.4, 0.5) is 18.9 Å². The number of alkyl halides is 3. The number of halogens is 3. The average molecular weight is 543 g/mol. The van der Waals surface area contributed by atoms with E-state index in [1.54, 1.807) is 52.0 Å². The number of amides is 4. The second kappa shape index (κ2) is 12.9. The lowest BCUT2D eigenvalue weighted by Gasteiger charge is -2.28. The number of anilines is 1. The predicted molar refractivity (Wildman–Crippen MR) is 130 cm³/mol. The number of aryl methyl sites for hydroxylation is 1. The van der Waals surface area contributed by atoms with Gasteiger partial charge in [-0.25, -0.2) is 0 Å². The number of carbonyl (C=O) groups excluding carboxylic acids is 5. The molecule has 0 aromatic heterocycles. The van der Waals surface area contributed by atoms with Gasteiger partial charge < -0.3 is 21.3 Å². The second-order valence-corrected chi connectivity index (χ2v) is 10.3. The van der Waals surface area contributed by atoms with Crippen LogP contribution in [0.15, 0.2) is 24.3 Å². The lowest BCUT2D eigenvalue weighted by atomic mass is 9.87. The molecule has 0 bridgehead atoms. The van der Waals surface area contributed by atoms with Crippen molar-refractivity contribution in [3.8, 4) is 0 Å². The minimum absolute atomic E-state index is 0.0338. The molecule has 0 aliphatic carbocycles. The number of hydrogen-bond donors (Lipinski definition) is 4. The molecule has 1 aliphatic rings. The number of carbonyl (C=O) groups is 5. The van der Waals surface area contributed by atoms with Gasteiger partial charge in [-0.05, 0) is 43.2 Å². The lowest BCUT2D eigenvalue weighted by Crippen LogP contribution is -2.55. The van der Waals surface area contributed by atoms with Crippen LogP contribution in [0.25, 0.3) is 0 Å². The first-order valence-corrected chi connectivity index (χ1v) is 12.0. The summed E-state index contributed by atoms with van der Waals surface area (Å²) in [6, 6.07) is 3.95. The van der Waals surface area contributed by atoms with Crippen LogP contribution < -0.4 is 21.3 Å². The van der Waals surface area contributed by atoms with Gasteiger partial charge in [-0.1, -0.05) is 39.0 Å². The van der Waals surface area contributed by atoms with Gasteiger partial charge in [0, 0.05) is 18.2 Å². The number of para-hydroxylation sites is 1. The van der Waals surface area contributed by atoms with Crippen molar-refractivity contribution in [3.05, 3.63) is 29.8 Å². The Morgan fingerprint density at radius 1 is 1.05 bits per heavy atom. The Hall–Kier alpha value is -3.48. The number of rotatable bonds is 10. The number of Topliss-reactive ketones (excluding diaryl/α,β-unsaturated/α-hetero) is 1. The van der Waals surface area contributed by atoms with Crippen LogP contribution in [0, 0.1) is 18.3 Å². The number of nitrogens with one attached hydrogen (secondary N) is 4. The maximum atomic E-state index is 13.2. The summed E-state index contributed by atoms with van der Waals surface area (Å²) in [6.45, 7) is 6.02. The smallest absolute Gasteiger partial charge is 0.356 e. The molecule has 1 saturated heterocycles. The third-order valence-corrected chi connectivity index (χ3v) is 5.80. The minimum atomic E-state index is -5.07. The molecular formula is C25H33F3N4O6. The first-order chi connectivity index (χ1) is 17.6. The van der Waals surface area contributed by atoms with Crippen LogP contribution >= 0.6 is 0 Å². The molecule has 210 valence electrons. The molecular weight excluding hydrogens is 509 g/mol. The zero-order valence-corrected chi connectivity index (χ0v) is 21.7. The summed E-state index contributed by atoms with van der Waals surface area (Å²) in [4.78, 5) is 62.9. The first-order valence-electron chi connectivity index (χ1n) is 12.0. The fourth-order valence-electron chi connectivity index (χ4n) is 3.89. The number of hydrogen-bond acceptors (Lipinski definition) is 6. The lowest BCUT2D eigenvalue weighted by molar-refractivity contribution is -0.321. The molecule has 1 aromatic carbocycles. The Balaban J connectivity index is 2.18. The van der Waals surface area contributed by atoms with Crippen molar-refractivity contribution >= 4 is 35.1 Å². The fraction of sp³-hybridized carbons (Fsp3) is 0.560. The molecule has 2 rings (SSSR count). The van der Waals surface area contributed by atoms with Crippen molar-refractivity contribution in [2.45, 2.75) is 65.4 Å². The molecule has 1 aliphatic heterocycles. The van der Waals surface area contributed by atoms with E-state index in [1.165, 1.54) is 0 Å². The molecule has 10 nitrogen and oxygen atoms in total. The monoisotopic (exact) mass is 542 g/mol. The Kier molecular flexibility index (Phi) is 10.4. The summed E-state index contributed by atoms with van der Waals surface area (Å²) < 4.78 is 41.2. The van der Waals surface area contributed by atoms with Crippen LogP contribution in [-0.4, -0.2) is 61.0 Å². The summed E-state index contributed by atoms with van der Waals surface area (Å²) in [6.07, 6.45) is -4.95. The molecule has 0 radical (unpaired) electrons. The van der Waals surface area contributed by atoms with Gasteiger partial charge in [0.25, 0.3) is 0 Å². The van der Waals surface area contributed by atoms with Crippen LogP contribution in [-0.2, 0) is 28.7 Å². The SMILES string of the molecule is Cc1ccccc1NC(=O)C(=O)N[C@@H](CC(C)(C)C)C(=O)N[C@@H](C[C@@H]1CCNC1=O)C(=O)COC(F)(F)F. The third-order valence-electron chi connectivity index (χ3n) is 5.80. The summed E-state index contributed by atoms with van der Waals surface area (Å²) in [5, 5.41) is 9.73. The van der Waals surface area contributed by atoms with Gasteiger partial charge in [-0.15, -0.1) is 13.2 Å². The molecule has 1 fully saturated rings. The zero-order chi connectivity index (χ0) is 28.7. The first kappa shape index (κ1) is 30.7. The van der Waals surface area contributed by atoms with Crippen LogP contribution in [0.5, 0.6) is 0 Å². The minimum Gasteiger partial charge on any atom is -0.356 e. The van der Waals surface area contributed by atoms with E-state index in [2.05, 4.69) is 26.0 Å². The molecule has 0 unspecified atom stereocenters. The highest BCUT2D eigenvalue weighted by Crippen LogP contribution is 2.23. The normalized spacial score (nSPS) is 17.2. The van der Waals surface area contributed by atoms with Crippen molar-refractivity contribution < 1.29 is 41.9 Å². The molecule has 1 aromatic rings. The standard InChI is InChI=1S/C25H33F3N4O6/c1-14-7-5-6-8-16(14)30-22(36)23(37)32-18(12-24(2,3)4)21(35)31-17(11-15-9-10-29-20(15)34)19(33)13-38-25(26,27)28/h5-8,15,17-18H,9-13H2,1-4H3,(H,29,34)(H,30,36)(H,31,35)(H,32,37)/t15-,17-,18-/m0/s1. The quantitative estimate of drug-likeness (QED) is 0.333. The Morgan fingerprint density at radius 3 is 2.26 bits per heavy atom. The highest BCUT2D eigenvalue weighted by atomic mass is 19.4. The molecule has 1 heterocycles. The van der Waals surface area contributed by atoms with E-state index in [9.17, 15) is 37.1 Å². The van der Waals surface area contributed by atoms with Gasteiger partial charge >= 0.3 is 18.2 Å². The van der Waals surface area contributed by atoms with Crippen molar-refractivity contribution in [1.29, 1.82) is 0 Å². The Bertz CT molecular complexity index is 1050. The zero-order valence-electron chi connectivity index (χ0n) is 21.7. The highest BCUT2D eigenvalue weighted by Gasteiger charge is 2.37. The summed E-state index contributed by atoms with van der Waals surface area (Å²) >= 11 is 0. The maximum absolute atomic E-state index is 13.2. The van der Waals surface area contributed by atoms with Crippen molar-refractivity contribution in [2.75, 3.05) is 18.5 Å². The van der Waals surface area contributed by atoms with Gasteiger partial charge in [0.05, 0.1) is 6.04 Å². The Morgan fingerprint density at radius 2 is 1.71 bits per heavy atom. The van der Waals surface area contributed by atoms with Crippen LogP contribution in [0.2, 0.25) is 0 Å². The summed E-state index contributed by atoms with van der Waals surface area (Å²) in [5.74, 6) is -5.21. The van der Waals surface area contributed by atoms with Gasteiger partial charge in [0.1, 0.15) is 12.6 Å². The fourth-order valence-corrected chi connectivity index (χ4v) is 3.89. The maximum Gasteiger partial charge on any atom is 0.522 e. The van der Waals surface area contributed by atoms with E-state index in [0.717, 1.165) is 0 Å². The molecule has 0 saturated carbocycles. The molecule has 4 N–H and O–H groups in total. The van der Waals surface area contributed by atoms with Gasteiger partial charge in [-0.2, -0.15) is 0 Å². The predicted octanol–water partition coefficient (Wildman–Crippen LogP) is 1.97. The topological polar surface area (TPSA) is 143 Å². The Labute approximate surface area is 218 Å². The van der Waals surface area contributed by atoms with Crippen molar-refractivity contribution in [2.24, 2.45) is 11.3 Å².